The predicted octanol–water partition coefficient (Wildman–Crippen LogP) is 2.85. The number of thiocarbonyl (C=S) groups is 1. The second-order valence-electron chi connectivity index (χ2n) is 3.84. The third kappa shape index (κ3) is 3.72. The number of carbonyl (C=O) groups is 1. The van der Waals surface area contributed by atoms with E-state index in [1.807, 2.05) is 0 Å². The van der Waals surface area contributed by atoms with Gasteiger partial charge in [-0.15, -0.1) is 0 Å². The van der Waals surface area contributed by atoms with E-state index < -0.39 is 0 Å². The molecule has 0 atom stereocenters. The highest BCUT2D eigenvalue weighted by molar-refractivity contribution is 7.80. The Hall–Kier alpha value is -2.05. The average Bonchev–Trinajstić information content (AvgIpc) is 2.84. The smallest absolute Gasteiger partial charge is 0.260 e. The standard InChI is InChI=1S/C13H11ClN2O3S/c14-12-10(5-6-18-12)13(17)16-8-1-3-9(4-2-8)19-7-11(15)20/h1-6H,7H2,(H2,15,20)(H,16,17). The van der Waals surface area contributed by atoms with Crippen molar-refractivity contribution in [1.82, 2.24) is 0 Å². The summed E-state index contributed by atoms with van der Waals surface area (Å²) >= 11 is 10.4. The van der Waals surface area contributed by atoms with Crippen LogP contribution in [0.25, 0.3) is 0 Å². The van der Waals surface area contributed by atoms with Crippen molar-refractivity contribution in [3.05, 3.63) is 47.4 Å². The van der Waals surface area contributed by atoms with Crippen molar-refractivity contribution < 1.29 is 13.9 Å². The van der Waals surface area contributed by atoms with Gasteiger partial charge in [-0.25, -0.2) is 0 Å². The highest BCUT2D eigenvalue weighted by atomic mass is 35.5. The molecule has 2 rings (SSSR count). The minimum atomic E-state index is -0.347. The van der Waals surface area contributed by atoms with Gasteiger partial charge in [0.15, 0.2) is 0 Å². The van der Waals surface area contributed by atoms with E-state index >= 15 is 0 Å². The van der Waals surface area contributed by atoms with Gasteiger partial charge in [0.25, 0.3) is 5.91 Å². The van der Waals surface area contributed by atoms with Crippen LogP contribution < -0.4 is 15.8 Å². The van der Waals surface area contributed by atoms with E-state index in [1.165, 1.54) is 12.3 Å². The number of halogens is 1. The second kappa shape index (κ2) is 6.40. The summed E-state index contributed by atoms with van der Waals surface area (Å²) in [5.41, 5.74) is 6.22. The highest BCUT2D eigenvalue weighted by Crippen LogP contribution is 2.20. The minimum absolute atomic E-state index is 0.0545. The molecule has 7 heteroatoms. The molecule has 1 heterocycles. The minimum Gasteiger partial charge on any atom is -0.487 e. The van der Waals surface area contributed by atoms with Crippen molar-refractivity contribution in [2.24, 2.45) is 5.73 Å². The molecule has 0 bridgehead atoms. The molecule has 0 spiro atoms. The van der Waals surface area contributed by atoms with Crippen LogP contribution in [0.5, 0.6) is 5.75 Å². The summed E-state index contributed by atoms with van der Waals surface area (Å²) in [5.74, 6) is 0.262. The molecule has 20 heavy (non-hydrogen) atoms. The number of hydrogen-bond acceptors (Lipinski definition) is 4. The normalized spacial score (nSPS) is 10.1. The van der Waals surface area contributed by atoms with Gasteiger partial charge in [0.1, 0.15) is 17.3 Å². The zero-order valence-electron chi connectivity index (χ0n) is 10.3. The van der Waals surface area contributed by atoms with E-state index in [1.54, 1.807) is 24.3 Å². The quantitative estimate of drug-likeness (QED) is 0.830. The molecule has 0 radical (unpaired) electrons. The Bertz CT molecular complexity index is 625. The van der Waals surface area contributed by atoms with Crippen LogP contribution in [0.15, 0.2) is 41.0 Å². The Morgan fingerprint density at radius 1 is 1.35 bits per heavy atom. The molecule has 3 N–H and O–H groups in total. The first-order chi connectivity index (χ1) is 9.56. The van der Waals surface area contributed by atoms with Crippen molar-refractivity contribution in [2.75, 3.05) is 11.9 Å². The topological polar surface area (TPSA) is 77.5 Å². The Kier molecular flexibility index (Phi) is 4.60. The molecule has 0 aliphatic heterocycles. The maximum atomic E-state index is 11.9. The summed E-state index contributed by atoms with van der Waals surface area (Å²) in [6, 6.07) is 8.29. The molecule has 1 aromatic heterocycles. The molecule has 0 aliphatic rings. The number of nitrogens with one attached hydrogen (secondary N) is 1. The number of carbonyl (C=O) groups excluding carboxylic acids is 1. The summed E-state index contributed by atoms with van der Waals surface area (Å²) in [6.07, 6.45) is 1.35. The van der Waals surface area contributed by atoms with Crippen LogP contribution >= 0.6 is 23.8 Å². The van der Waals surface area contributed by atoms with Crippen LogP contribution in [0.2, 0.25) is 5.22 Å². The molecule has 5 nitrogen and oxygen atoms in total. The molecule has 0 saturated heterocycles. The molecule has 0 fully saturated rings. The van der Waals surface area contributed by atoms with Crippen molar-refractivity contribution >= 4 is 40.4 Å². The molecular weight excluding hydrogens is 300 g/mol. The largest absolute Gasteiger partial charge is 0.487 e. The Morgan fingerprint density at radius 2 is 2.05 bits per heavy atom. The molecule has 1 amide bonds. The SMILES string of the molecule is NC(=S)COc1ccc(NC(=O)c2ccoc2Cl)cc1. The first kappa shape index (κ1) is 14.4. The number of nitrogens with two attached hydrogens (primary N) is 1. The summed E-state index contributed by atoms with van der Waals surface area (Å²) in [7, 11) is 0. The number of ether oxygens (including phenoxy) is 1. The summed E-state index contributed by atoms with van der Waals surface area (Å²) in [6.45, 7) is 0.172. The van der Waals surface area contributed by atoms with Crippen LogP contribution in [0.3, 0.4) is 0 Å². The number of benzene rings is 1. The predicted molar refractivity (Wildman–Crippen MR) is 80.4 cm³/mol. The molecule has 0 aliphatic carbocycles. The van der Waals surface area contributed by atoms with E-state index in [9.17, 15) is 4.79 Å². The first-order valence-electron chi connectivity index (χ1n) is 5.62. The van der Waals surface area contributed by atoms with Gasteiger partial charge in [-0.3, -0.25) is 4.79 Å². The van der Waals surface area contributed by atoms with Gasteiger partial charge in [0, 0.05) is 5.69 Å². The lowest BCUT2D eigenvalue weighted by Crippen LogP contribution is -2.17. The number of amides is 1. The van der Waals surface area contributed by atoms with Gasteiger partial charge in [-0.1, -0.05) is 12.2 Å². The summed E-state index contributed by atoms with van der Waals surface area (Å²) in [4.78, 5) is 12.2. The van der Waals surface area contributed by atoms with Gasteiger partial charge in [-0.2, -0.15) is 0 Å². The van der Waals surface area contributed by atoms with Gasteiger partial charge in [-0.05, 0) is 41.9 Å². The lowest BCUT2D eigenvalue weighted by molar-refractivity contribution is 0.102. The number of anilines is 1. The summed E-state index contributed by atoms with van der Waals surface area (Å²) in [5, 5.41) is 2.74. The molecule has 2 aromatic rings. The van der Waals surface area contributed by atoms with Crippen molar-refractivity contribution in [3.8, 4) is 5.75 Å². The van der Waals surface area contributed by atoms with Crippen LogP contribution in [0.1, 0.15) is 10.4 Å². The van der Waals surface area contributed by atoms with Crippen LogP contribution in [0, 0.1) is 0 Å². The van der Waals surface area contributed by atoms with Crippen LogP contribution in [0.4, 0.5) is 5.69 Å². The van der Waals surface area contributed by atoms with E-state index in [2.05, 4.69) is 5.32 Å². The Labute approximate surface area is 125 Å². The lowest BCUT2D eigenvalue weighted by Gasteiger charge is -2.07. The maximum Gasteiger partial charge on any atom is 0.260 e. The van der Waals surface area contributed by atoms with Crippen LogP contribution in [-0.2, 0) is 0 Å². The zero-order chi connectivity index (χ0) is 14.5. The number of rotatable bonds is 5. The van der Waals surface area contributed by atoms with Crippen molar-refractivity contribution in [1.29, 1.82) is 0 Å². The number of hydrogen-bond donors (Lipinski definition) is 2. The zero-order valence-corrected chi connectivity index (χ0v) is 11.8. The second-order valence-corrected chi connectivity index (χ2v) is 4.71. The molecule has 1 aromatic carbocycles. The van der Waals surface area contributed by atoms with Crippen LogP contribution in [-0.4, -0.2) is 17.5 Å². The Morgan fingerprint density at radius 3 is 2.60 bits per heavy atom. The molecule has 104 valence electrons. The fraction of sp³-hybridized carbons (Fsp3) is 0.0769. The van der Waals surface area contributed by atoms with Gasteiger partial charge in [0.2, 0.25) is 5.22 Å². The first-order valence-corrected chi connectivity index (χ1v) is 6.40. The van der Waals surface area contributed by atoms with Gasteiger partial charge >= 0.3 is 0 Å². The van der Waals surface area contributed by atoms with Gasteiger partial charge < -0.3 is 20.2 Å². The highest BCUT2D eigenvalue weighted by Gasteiger charge is 2.12. The molecule has 0 unspecified atom stereocenters. The molecular formula is C13H11ClN2O3S. The lowest BCUT2D eigenvalue weighted by atomic mass is 10.2. The van der Waals surface area contributed by atoms with E-state index in [0.29, 0.717) is 11.4 Å². The van der Waals surface area contributed by atoms with E-state index in [-0.39, 0.29) is 28.3 Å². The monoisotopic (exact) mass is 310 g/mol. The molecule has 0 saturated carbocycles. The van der Waals surface area contributed by atoms with Crippen molar-refractivity contribution in [2.45, 2.75) is 0 Å². The number of furan rings is 1. The summed E-state index contributed by atoms with van der Waals surface area (Å²) < 4.78 is 10.2. The van der Waals surface area contributed by atoms with Gasteiger partial charge in [0.05, 0.1) is 11.8 Å². The van der Waals surface area contributed by atoms with Crippen molar-refractivity contribution in [3.63, 3.8) is 0 Å². The Balaban J connectivity index is 1.99. The van der Waals surface area contributed by atoms with E-state index in [0.717, 1.165) is 0 Å². The van der Waals surface area contributed by atoms with E-state index in [4.69, 9.17) is 38.7 Å². The fourth-order valence-electron chi connectivity index (χ4n) is 1.44. The third-order valence-corrected chi connectivity index (χ3v) is 2.77. The average molecular weight is 311 g/mol. The third-order valence-electron chi connectivity index (χ3n) is 2.36. The fourth-order valence-corrected chi connectivity index (χ4v) is 1.70. The maximum absolute atomic E-state index is 11.9.